The summed E-state index contributed by atoms with van der Waals surface area (Å²) in [5.41, 5.74) is 1.63. The van der Waals surface area contributed by atoms with Crippen molar-refractivity contribution in [3.05, 3.63) is 79.9 Å². The summed E-state index contributed by atoms with van der Waals surface area (Å²) in [6, 6.07) is 12.0. The third-order valence-corrected chi connectivity index (χ3v) is 5.70. The molecule has 1 heterocycles. The van der Waals surface area contributed by atoms with Crippen LogP contribution in [0.25, 0.3) is 0 Å². The van der Waals surface area contributed by atoms with Gasteiger partial charge in [-0.2, -0.15) is 0 Å². The standard InChI is InChI=1S/C18H10Cl2O3S/c19-11-6-3-7-12(20)14(11)13-8-24-18(23-13)15-16(21)9-4-1-2-5-10(9)17(15)22/h1-7,13H,8H2. The maximum absolute atomic E-state index is 12.5. The van der Waals surface area contributed by atoms with Gasteiger partial charge in [0.25, 0.3) is 0 Å². The van der Waals surface area contributed by atoms with E-state index in [1.165, 1.54) is 11.8 Å². The zero-order chi connectivity index (χ0) is 16.8. The van der Waals surface area contributed by atoms with Crippen LogP contribution in [0.2, 0.25) is 10.0 Å². The molecule has 1 saturated heterocycles. The highest BCUT2D eigenvalue weighted by Gasteiger charge is 2.39. The van der Waals surface area contributed by atoms with E-state index in [0.29, 0.717) is 37.6 Å². The van der Waals surface area contributed by atoms with Crippen LogP contribution in [-0.2, 0) is 4.74 Å². The largest absolute Gasteiger partial charge is 0.478 e. The van der Waals surface area contributed by atoms with Gasteiger partial charge in [0.05, 0.1) is 0 Å². The van der Waals surface area contributed by atoms with Crippen molar-refractivity contribution in [2.75, 3.05) is 5.75 Å². The minimum Gasteiger partial charge on any atom is -0.478 e. The normalized spacial score (nSPS) is 19.7. The Morgan fingerprint density at radius 1 is 0.917 bits per heavy atom. The number of Topliss-reactive ketones (excluding diaryl/α,β-unsaturated/α-hetero) is 2. The Kier molecular flexibility index (Phi) is 3.91. The summed E-state index contributed by atoms with van der Waals surface area (Å²) >= 11 is 13.8. The fourth-order valence-electron chi connectivity index (χ4n) is 2.88. The van der Waals surface area contributed by atoms with E-state index < -0.39 is 0 Å². The van der Waals surface area contributed by atoms with Gasteiger partial charge in [-0.15, -0.1) is 0 Å². The summed E-state index contributed by atoms with van der Waals surface area (Å²) in [5.74, 6) is -0.0351. The number of hydrogen-bond donors (Lipinski definition) is 0. The predicted molar refractivity (Wildman–Crippen MR) is 94.9 cm³/mol. The van der Waals surface area contributed by atoms with Crippen LogP contribution in [-0.4, -0.2) is 17.3 Å². The average Bonchev–Trinajstić information content (AvgIpc) is 3.12. The van der Waals surface area contributed by atoms with Crippen LogP contribution in [0.15, 0.2) is 53.1 Å². The van der Waals surface area contributed by atoms with Crippen molar-refractivity contribution < 1.29 is 14.3 Å². The van der Waals surface area contributed by atoms with Gasteiger partial charge in [-0.25, -0.2) is 0 Å². The van der Waals surface area contributed by atoms with Crippen molar-refractivity contribution in [1.82, 2.24) is 0 Å². The van der Waals surface area contributed by atoms with Crippen molar-refractivity contribution in [2.24, 2.45) is 0 Å². The molecule has 0 radical (unpaired) electrons. The lowest BCUT2D eigenvalue weighted by Gasteiger charge is -2.14. The monoisotopic (exact) mass is 376 g/mol. The SMILES string of the molecule is O=C1C(=C2OC(c3c(Cl)cccc3Cl)CS2)C(=O)c2ccccc21. The van der Waals surface area contributed by atoms with Crippen LogP contribution in [0.1, 0.15) is 32.4 Å². The summed E-state index contributed by atoms with van der Waals surface area (Å²) in [6.45, 7) is 0. The second-order valence-corrected chi connectivity index (χ2v) is 7.23. The lowest BCUT2D eigenvalue weighted by atomic mass is 10.1. The third-order valence-electron chi connectivity index (χ3n) is 4.01. The molecule has 1 atom stereocenters. The first-order valence-corrected chi connectivity index (χ1v) is 8.98. The van der Waals surface area contributed by atoms with Crippen molar-refractivity contribution in [1.29, 1.82) is 0 Å². The molecule has 24 heavy (non-hydrogen) atoms. The lowest BCUT2D eigenvalue weighted by Crippen LogP contribution is -2.06. The van der Waals surface area contributed by atoms with E-state index in [-0.39, 0.29) is 23.2 Å². The molecule has 1 unspecified atom stereocenters. The Bertz CT molecular complexity index is 863. The number of ketones is 2. The van der Waals surface area contributed by atoms with Crippen LogP contribution in [0, 0.1) is 0 Å². The quantitative estimate of drug-likeness (QED) is 0.513. The van der Waals surface area contributed by atoms with E-state index in [1.807, 2.05) is 0 Å². The molecule has 2 aromatic rings. The minimum absolute atomic E-state index is 0.104. The van der Waals surface area contributed by atoms with Crippen LogP contribution in [0.3, 0.4) is 0 Å². The van der Waals surface area contributed by atoms with E-state index in [0.717, 1.165) is 0 Å². The van der Waals surface area contributed by atoms with Crippen LogP contribution < -0.4 is 0 Å². The first-order chi connectivity index (χ1) is 11.6. The topological polar surface area (TPSA) is 43.4 Å². The molecular weight excluding hydrogens is 367 g/mol. The Labute approximate surface area is 152 Å². The van der Waals surface area contributed by atoms with Crippen molar-refractivity contribution >= 4 is 46.5 Å². The van der Waals surface area contributed by atoms with Gasteiger partial charge in [-0.1, -0.05) is 65.3 Å². The Morgan fingerprint density at radius 2 is 1.50 bits per heavy atom. The van der Waals surface area contributed by atoms with Gasteiger partial charge in [0.2, 0.25) is 11.6 Å². The van der Waals surface area contributed by atoms with Crippen LogP contribution in [0.4, 0.5) is 0 Å². The smallest absolute Gasteiger partial charge is 0.202 e. The Balaban J connectivity index is 1.72. The molecule has 1 aliphatic heterocycles. The molecular formula is C18H10Cl2O3S. The summed E-state index contributed by atoms with van der Waals surface area (Å²) in [5, 5.41) is 1.36. The molecule has 0 bridgehead atoms. The third kappa shape index (κ3) is 2.37. The number of carbonyl (C=O) groups is 2. The molecule has 6 heteroatoms. The van der Waals surface area contributed by atoms with E-state index in [9.17, 15) is 9.59 Å². The zero-order valence-electron chi connectivity index (χ0n) is 12.2. The highest BCUT2D eigenvalue weighted by Crippen LogP contribution is 2.46. The molecule has 4 rings (SSSR count). The second-order valence-electron chi connectivity index (χ2n) is 5.42. The maximum atomic E-state index is 12.5. The molecule has 1 fully saturated rings. The maximum Gasteiger partial charge on any atom is 0.202 e. The number of thioether (sulfide) groups is 1. The molecule has 3 nitrogen and oxygen atoms in total. The Hall–Kier alpha value is -1.75. The number of allylic oxidation sites excluding steroid dienone is 1. The predicted octanol–water partition coefficient (Wildman–Crippen LogP) is 5.09. The van der Waals surface area contributed by atoms with Gasteiger partial charge in [-0.05, 0) is 12.1 Å². The lowest BCUT2D eigenvalue weighted by molar-refractivity contribution is 0.0970. The van der Waals surface area contributed by atoms with E-state index in [2.05, 4.69) is 0 Å². The number of rotatable bonds is 1. The van der Waals surface area contributed by atoms with Gasteiger partial charge in [0, 0.05) is 32.5 Å². The molecule has 120 valence electrons. The first-order valence-electron chi connectivity index (χ1n) is 7.24. The van der Waals surface area contributed by atoms with Crippen molar-refractivity contribution in [3.63, 3.8) is 0 Å². The van der Waals surface area contributed by atoms with Crippen molar-refractivity contribution in [2.45, 2.75) is 6.10 Å². The fourth-order valence-corrected chi connectivity index (χ4v) is 4.57. The fraction of sp³-hybridized carbons (Fsp3) is 0.111. The molecule has 0 saturated carbocycles. The minimum atomic E-state index is -0.386. The number of benzene rings is 2. The number of carbonyl (C=O) groups excluding carboxylic acids is 2. The number of fused-ring (bicyclic) bond motifs is 1. The van der Waals surface area contributed by atoms with Gasteiger partial charge >= 0.3 is 0 Å². The molecule has 1 aliphatic carbocycles. The van der Waals surface area contributed by atoms with E-state index >= 15 is 0 Å². The highest BCUT2D eigenvalue weighted by atomic mass is 35.5. The molecule has 2 aromatic carbocycles. The molecule has 0 aromatic heterocycles. The number of hydrogen-bond acceptors (Lipinski definition) is 4. The Morgan fingerprint density at radius 3 is 2.08 bits per heavy atom. The summed E-state index contributed by atoms with van der Waals surface area (Å²) < 4.78 is 5.90. The van der Waals surface area contributed by atoms with Gasteiger partial charge in [-0.3, -0.25) is 9.59 Å². The van der Waals surface area contributed by atoms with E-state index in [4.69, 9.17) is 27.9 Å². The molecule has 2 aliphatic rings. The number of halogens is 2. The van der Waals surface area contributed by atoms with Gasteiger partial charge < -0.3 is 4.74 Å². The number of ether oxygens (including phenoxy) is 1. The van der Waals surface area contributed by atoms with Gasteiger partial charge in [0.15, 0.2) is 5.09 Å². The first kappa shape index (κ1) is 15.8. The van der Waals surface area contributed by atoms with Crippen molar-refractivity contribution in [3.8, 4) is 0 Å². The van der Waals surface area contributed by atoms with Crippen LogP contribution >= 0.6 is 35.0 Å². The molecule has 0 amide bonds. The molecule has 0 N–H and O–H groups in total. The summed E-state index contributed by atoms with van der Waals surface area (Å²) in [7, 11) is 0. The zero-order valence-corrected chi connectivity index (χ0v) is 14.5. The van der Waals surface area contributed by atoms with Gasteiger partial charge in [0.1, 0.15) is 11.7 Å². The summed E-state index contributed by atoms with van der Waals surface area (Å²) in [6.07, 6.45) is -0.386. The molecule has 0 spiro atoms. The van der Waals surface area contributed by atoms with E-state index in [1.54, 1.807) is 42.5 Å². The highest BCUT2D eigenvalue weighted by molar-refractivity contribution is 8.03. The van der Waals surface area contributed by atoms with Crippen LogP contribution in [0.5, 0.6) is 0 Å². The second kappa shape index (κ2) is 5.96. The summed E-state index contributed by atoms with van der Waals surface area (Å²) in [4.78, 5) is 25.1. The average molecular weight is 377 g/mol.